The molecule has 3 aromatic carbocycles. The third-order valence-corrected chi connectivity index (χ3v) is 4.82. The summed E-state index contributed by atoms with van der Waals surface area (Å²) in [5.41, 5.74) is 7.70. The quantitative estimate of drug-likeness (QED) is 0.450. The van der Waals surface area contributed by atoms with Crippen LogP contribution in [0.1, 0.15) is 31.8 Å². The minimum Gasteiger partial charge on any atom is -0.368 e. The van der Waals surface area contributed by atoms with Crippen LogP contribution in [0.2, 0.25) is 0 Å². The zero-order valence-corrected chi connectivity index (χ0v) is 17.3. The van der Waals surface area contributed by atoms with Gasteiger partial charge in [-0.25, -0.2) is 0 Å². The van der Waals surface area contributed by atoms with Crippen LogP contribution >= 0.6 is 0 Å². The highest BCUT2D eigenvalue weighted by atomic mass is 16.2. The van der Waals surface area contributed by atoms with Gasteiger partial charge in [0, 0.05) is 23.1 Å². The lowest BCUT2D eigenvalue weighted by atomic mass is 9.99. The molecule has 3 rings (SSSR count). The summed E-state index contributed by atoms with van der Waals surface area (Å²) in [6.45, 7) is -0.290. The predicted octanol–water partition coefficient (Wildman–Crippen LogP) is 1.86. The number of amides is 3. The average molecular weight is 429 g/mol. The first-order valence-corrected chi connectivity index (χ1v) is 10.0. The number of nitrogens with two attached hydrogens (primary N) is 1. The van der Waals surface area contributed by atoms with Gasteiger partial charge in [-0.2, -0.15) is 0 Å². The van der Waals surface area contributed by atoms with Gasteiger partial charge in [0.1, 0.15) is 6.04 Å². The maximum absolute atomic E-state index is 12.5. The molecule has 0 aromatic heterocycles. The second kappa shape index (κ2) is 10.7. The number of primary amides is 1. The number of carbonyl (C=O) groups is 4. The van der Waals surface area contributed by atoms with Crippen LogP contribution in [0.15, 0.2) is 84.9 Å². The maximum Gasteiger partial charge on any atom is 0.251 e. The van der Waals surface area contributed by atoms with Gasteiger partial charge in [-0.3, -0.25) is 19.2 Å². The van der Waals surface area contributed by atoms with Crippen molar-refractivity contribution in [2.45, 2.75) is 12.5 Å². The molecular formula is C25H23N3O4. The highest BCUT2D eigenvalue weighted by molar-refractivity contribution is 6.09. The first-order chi connectivity index (χ1) is 15.4. The maximum atomic E-state index is 12.5. The van der Waals surface area contributed by atoms with Gasteiger partial charge in [-0.15, -0.1) is 0 Å². The van der Waals surface area contributed by atoms with Crippen molar-refractivity contribution in [3.05, 3.63) is 107 Å². The molecule has 0 aliphatic heterocycles. The lowest BCUT2D eigenvalue weighted by molar-refractivity contribution is -0.126. The fourth-order valence-corrected chi connectivity index (χ4v) is 3.10. The minimum atomic E-state index is -0.952. The van der Waals surface area contributed by atoms with Gasteiger partial charge in [-0.1, -0.05) is 72.8 Å². The first-order valence-electron chi connectivity index (χ1n) is 10.0. The Hall–Kier alpha value is -4.26. The Labute approximate surface area is 185 Å². The standard InChI is InChI=1S/C25H23N3O4/c26-24(31)21(28-22(29)16-27-25(32)20-9-5-2-6-10-20)15-17-11-13-19(14-12-17)23(30)18-7-3-1-4-8-18/h1-14,21H,15-16H2,(H2,26,31)(H,27,32)(H,28,29)/t21-/m0/s1. The molecule has 0 aliphatic rings. The zero-order chi connectivity index (χ0) is 22.9. The number of hydrogen-bond donors (Lipinski definition) is 3. The fraction of sp³-hybridized carbons (Fsp3) is 0.120. The van der Waals surface area contributed by atoms with Crippen LogP contribution in [-0.2, 0) is 16.0 Å². The van der Waals surface area contributed by atoms with Crippen molar-refractivity contribution in [1.82, 2.24) is 10.6 Å². The van der Waals surface area contributed by atoms with Crippen LogP contribution in [0.4, 0.5) is 0 Å². The van der Waals surface area contributed by atoms with E-state index >= 15 is 0 Å². The van der Waals surface area contributed by atoms with Gasteiger partial charge in [0.2, 0.25) is 11.8 Å². The molecule has 32 heavy (non-hydrogen) atoms. The van der Waals surface area contributed by atoms with E-state index in [4.69, 9.17) is 5.73 Å². The Morgan fingerprint density at radius 1 is 0.719 bits per heavy atom. The summed E-state index contributed by atoms with van der Waals surface area (Å²) in [5.74, 6) is -1.73. The van der Waals surface area contributed by atoms with Crippen molar-refractivity contribution < 1.29 is 19.2 Å². The molecular weight excluding hydrogens is 406 g/mol. The molecule has 4 N–H and O–H groups in total. The number of benzene rings is 3. The number of nitrogens with one attached hydrogen (secondary N) is 2. The summed E-state index contributed by atoms with van der Waals surface area (Å²) in [5, 5.41) is 5.04. The molecule has 3 amide bonds. The highest BCUT2D eigenvalue weighted by Crippen LogP contribution is 2.12. The molecule has 162 valence electrons. The molecule has 0 heterocycles. The normalized spacial score (nSPS) is 11.2. The molecule has 3 aromatic rings. The van der Waals surface area contributed by atoms with Gasteiger partial charge in [0.05, 0.1) is 6.54 Å². The van der Waals surface area contributed by atoms with E-state index in [-0.39, 0.29) is 18.7 Å². The molecule has 0 fully saturated rings. The van der Waals surface area contributed by atoms with Crippen molar-refractivity contribution in [2.24, 2.45) is 5.73 Å². The zero-order valence-electron chi connectivity index (χ0n) is 17.3. The molecule has 7 nitrogen and oxygen atoms in total. The third-order valence-electron chi connectivity index (χ3n) is 4.82. The smallest absolute Gasteiger partial charge is 0.251 e. The van der Waals surface area contributed by atoms with E-state index in [2.05, 4.69) is 10.6 Å². The Morgan fingerprint density at radius 2 is 1.25 bits per heavy atom. The molecule has 0 aliphatic carbocycles. The summed E-state index contributed by atoms with van der Waals surface area (Å²) < 4.78 is 0. The number of carbonyl (C=O) groups excluding carboxylic acids is 4. The van der Waals surface area contributed by atoms with Crippen LogP contribution in [0.25, 0.3) is 0 Å². The van der Waals surface area contributed by atoms with E-state index in [9.17, 15) is 19.2 Å². The lowest BCUT2D eigenvalue weighted by Gasteiger charge is -2.16. The Morgan fingerprint density at radius 3 is 1.81 bits per heavy atom. The van der Waals surface area contributed by atoms with Crippen LogP contribution in [0.5, 0.6) is 0 Å². The summed E-state index contributed by atoms with van der Waals surface area (Å²) >= 11 is 0. The van der Waals surface area contributed by atoms with Crippen molar-refractivity contribution in [2.75, 3.05) is 6.54 Å². The van der Waals surface area contributed by atoms with E-state index in [1.807, 2.05) is 6.07 Å². The highest BCUT2D eigenvalue weighted by Gasteiger charge is 2.19. The Balaban J connectivity index is 1.56. The first kappa shape index (κ1) is 22.4. The van der Waals surface area contributed by atoms with Gasteiger partial charge in [0.25, 0.3) is 5.91 Å². The van der Waals surface area contributed by atoms with Crippen LogP contribution < -0.4 is 16.4 Å². The van der Waals surface area contributed by atoms with E-state index in [0.29, 0.717) is 16.7 Å². The van der Waals surface area contributed by atoms with Crippen molar-refractivity contribution >= 4 is 23.5 Å². The SMILES string of the molecule is NC(=O)[C@H](Cc1ccc(C(=O)c2ccccc2)cc1)NC(=O)CNC(=O)c1ccccc1. The molecule has 0 radical (unpaired) electrons. The van der Waals surface area contributed by atoms with Gasteiger partial charge >= 0.3 is 0 Å². The molecule has 0 unspecified atom stereocenters. The van der Waals surface area contributed by atoms with Crippen molar-refractivity contribution in [3.63, 3.8) is 0 Å². The summed E-state index contributed by atoms with van der Waals surface area (Å²) in [4.78, 5) is 48.6. The average Bonchev–Trinajstić information content (AvgIpc) is 2.83. The summed E-state index contributed by atoms with van der Waals surface area (Å²) in [6, 6.07) is 23.2. The number of ketones is 1. The second-order valence-corrected chi connectivity index (χ2v) is 7.17. The minimum absolute atomic E-state index is 0.105. The van der Waals surface area contributed by atoms with E-state index in [1.165, 1.54) is 0 Å². The number of hydrogen-bond acceptors (Lipinski definition) is 4. The van der Waals surface area contributed by atoms with Crippen LogP contribution in [0.3, 0.4) is 0 Å². The van der Waals surface area contributed by atoms with Crippen LogP contribution in [-0.4, -0.2) is 36.1 Å². The molecule has 0 spiro atoms. The fourth-order valence-electron chi connectivity index (χ4n) is 3.10. The summed E-state index contributed by atoms with van der Waals surface area (Å²) in [7, 11) is 0. The van der Waals surface area contributed by atoms with E-state index in [0.717, 1.165) is 5.56 Å². The van der Waals surface area contributed by atoms with Crippen LogP contribution in [0, 0.1) is 0 Å². The van der Waals surface area contributed by atoms with Gasteiger partial charge in [-0.05, 0) is 17.7 Å². The Kier molecular flexibility index (Phi) is 7.48. The monoisotopic (exact) mass is 429 g/mol. The summed E-state index contributed by atoms with van der Waals surface area (Å²) in [6.07, 6.45) is 0.160. The predicted molar refractivity (Wildman–Crippen MR) is 120 cm³/mol. The molecule has 0 saturated heterocycles. The lowest BCUT2D eigenvalue weighted by Crippen LogP contribution is -2.49. The number of rotatable bonds is 9. The molecule has 7 heteroatoms. The van der Waals surface area contributed by atoms with Gasteiger partial charge in [0.15, 0.2) is 5.78 Å². The topological polar surface area (TPSA) is 118 Å². The molecule has 0 bridgehead atoms. The van der Waals surface area contributed by atoms with E-state index < -0.39 is 23.8 Å². The van der Waals surface area contributed by atoms with E-state index in [1.54, 1.807) is 78.9 Å². The van der Waals surface area contributed by atoms with Crippen molar-refractivity contribution in [3.8, 4) is 0 Å². The largest absolute Gasteiger partial charge is 0.368 e. The molecule has 0 saturated carbocycles. The second-order valence-electron chi connectivity index (χ2n) is 7.17. The Bertz CT molecular complexity index is 1100. The van der Waals surface area contributed by atoms with Gasteiger partial charge < -0.3 is 16.4 Å². The molecule has 1 atom stereocenters. The van der Waals surface area contributed by atoms with Crippen molar-refractivity contribution in [1.29, 1.82) is 0 Å². The third kappa shape index (κ3) is 6.12.